The molecule has 0 radical (unpaired) electrons. The Bertz CT molecular complexity index is 1680. The first kappa shape index (κ1) is 24.6. The molecule has 1 aliphatic heterocycles. The molecular formula is C35H34N4. The third-order valence-electron chi connectivity index (χ3n) is 7.91. The van der Waals surface area contributed by atoms with Gasteiger partial charge < -0.3 is 16.4 Å². The van der Waals surface area contributed by atoms with Gasteiger partial charge in [0.25, 0.3) is 0 Å². The Morgan fingerprint density at radius 2 is 1.59 bits per heavy atom. The van der Waals surface area contributed by atoms with E-state index in [-0.39, 0.29) is 0 Å². The van der Waals surface area contributed by atoms with Crippen molar-refractivity contribution in [3.05, 3.63) is 132 Å². The predicted molar refractivity (Wildman–Crippen MR) is 167 cm³/mol. The van der Waals surface area contributed by atoms with Crippen molar-refractivity contribution in [2.45, 2.75) is 13.8 Å². The number of allylic oxidation sites excluding steroid dienone is 7. The lowest BCUT2D eigenvalue weighted by molar-refractivity contribution is 0.576. The lowest BCUT2D eigenvalue weighted by Gasteiger charge is -2.21. The highest BCUT2D eigenvalue weighted by Gasteiger charge is 2.26. The predicted octanol–water partition coefficient (Wildman–Crippen LogP) is 8.00. The number of nitrogens with two attached hydrogens (primary N) is 2. The molecule has 194 valence electrons. The molecule has 4 aromatic rings. The average molecular weight is 511 g/mol. The third kappa shape index (κ3) is 4.48. The maximum absolute atomic E-state index is 6.83. The fraction of sp³-hybridized carbons (Fsp3) is 0.143. The second-order valence-electron chi connectivity index (χ2n) is 10.4. The van der Waals surface area contributed by atoms with Gasteiger partial charge in [0.1, 0.15) is 5.82 Å². The van der Waals surface area contributed by atoms with Crippen LogP contribution in [0.15, 0.2) is 121 Å². The highest BCUT2D eigenvalue weighted by molar-refractivity contribution is 6.04. The highest BCUT2D eigenvalue weighted by Crippen LogP contribution is 2.42. The summed E-state index contributed by atoms with van der Waals surface area (Å²) in [5.74, 6) is 1.47. The van der Waals surface area contributed by atoms with Gasteiger partial charge in [-0.25, -0.2) is 0 Å². The molecule has 2 atom stereocenters. The van der Waals surface area contributed by atoms with Crippen LogP contribution in [-0.4, -0.2) is 11.1 Å². The number of para-hydroxylation sites is 3. The molecule has 39 heavy (non-hydrogen) atoms. The zero-order chi connectivity index (χ0) is 26.9. The van der Waals surface area contributed by atoms with E-state index in [1.807, 2.05) is 18.2 Å². The molecule has 3 aromatic carbocycles. The summed E-state index contributed by atoms with van der Waals surface area (Å²) in [5, 5.41) is 1.00. The van der Waals surface area contributed by atoms with Crippen LogP contribution >= 0.6 is 0 Å². The van der Waals surface area contributed by atoms with E-state index in [2.05, 4.69) is 127 Å². The summed E-state index contributed by atoms with van der Waals surface area (Å²) in [7, 11) is 0. The topological polar surface area (TPSA) is 60.2 Å². The molecular weight excluding hydrogens is 476 g/mol. The molecule has 0 fully saturated rings. The summed E-state index contributed by atoms with van der Waals surface area (Å²) in [6, 6.07) is 27.3. The number of hydrogen-bond acceptors (Lipinski definition) is 3. The maximum Gasteiger partial charge on any atom is 0.108 e. The van der Waals surface area contributed by atoms with Crippen LogP contribution < -0.4 is 16.4 Å². The Hall–Kier alpha value is -4.70. The van der Waals surface area contributed by atoms with Crippen LogP contribution in [0.4, 0.5) is 17.1 Å². The van der Waals surface area contributed by atoms with E-state index in [9.17, 15) is 0 Å². The molecule has 2 unspecified atom stereocenters. The summed E-state index contributed by atoms with van der Waals surface area (Å²) in [5.41, 5.74) is 22.3. The summed E-state index contributed by atoms with van der Waals surface area (Å²) in [6.07, 6.45) is 15.1. The van der Waals surface area contributed by atoms with Gasteiger partial charge in [-0.15, -0.1) is 0 Å². The second kappa shape index (κ2) is 10.2. The van der Waals surface area contributed by atoms with E-state index in [1.54, 1.807) is 0 Å². The van der Waals surface area contributed by atoms with Crippen molar-refractivity contribution in [1.82, 2.24) is 4.57 Å². The normalized spacial score (nSPS) is 20.3. The van der Waals surface area contributed by atoms with Crippen LogP contribution in [0.1, 0.15) is 25.1 Å². The molecule has 4 nitrogen and oxygen atoms in total. The Morgan fingerprint density at radius 1 is 0.872 bits per heavy atom. The van der Waals surface area contributed by atoms with Crippen molar-refractivity contribution in [3.8, 4) is 0 Å². The first-order valence-corrected chi connectivity index (χ1v) is 13.5. The minimum absolute atomic E-state index is 0.367. The molecule has 0 saturated heterocycles. The van der Waals surface area contributed by atoms with Crippen LogP contribution in [-0.2, 0) is 0 Å². The summed E-state index contributed by atoms with van der Waals surface area (Å²) in [4.78, 5) is 2.35. The fourth-order valence-electron chi connectivity index (χ4n) is 5.84. The average Bonchev–Trinajstić information content (AvgIpc) is 3.48. The van der Waals surface area contributed by atoms with Crippen molar-refractivity contribution in [2.75, 3.05) is 17.2 Å². The molecule has 2 heterocycles. The van der Waals surface area contributed by atoms with Crippen molar-refractivity contribution in [1.29, 1.82) is 0 Å². The number of nitrogens with zero attached hydrogens (tertiary/aromatic N) is 2. The zero-order valence-electron chi connectivity index (χ0n) is 22.5. The van der Waals surface area contributed by atoms with Gasteiger partial charge in [0.2, 0.25) is 0 Å². The molecule has 0 amide bonds. The first-order chi connectivity index (χ1) is 19.0. The van der Waals surface area contributed by atoms with E-state index in [1.165, 1.54) is 28.1 Å². The van der Waals surface area contributed by atoms with Crippen LogP contribution in [0.2, 0.25) is 0 Å². The number of anilines is 3. The molecule has 0 saturated carbocycles. The number of hydrogen-bond donors (Lipinski definition) is 2. The van der Waals surface area contributed by atoms with Gasteiger partial charge in [0, 0.05) is 34.8 Å². The third-order valence-corrected chi connectivity index (χ3v) is 7.91. The number of benzene rings is 3. The van der Waals surface area contributed by atoms with E-state index in [4.69, 9.17) is 11.5 Å². The molecule has 1 aliphatic carbocycles. The molecule has 4 N–H and O–H groups in total. The largest absolute Gasteiger partial charge is 0.396 e. The number of fused-ring (bicyclic) bond motifs is 2. The van der Waals surface area contributed by atoms with Gasteiger partial charge in [-0.05, 0) is 54.8 Å². The zero-order valence-corrected chi connectivity index (χ0v) is 22.5. The molecule has 4 heteroatoms. The van der Waals surface area contributed by atoms with Crippen LogP contribution in [0.3, 0.4) is 0 Å². The Labute approximate surface area is 230 Å². The van der Waals surface area contributed by atoms with Crippen molar-refractivity contribution < 1.29 is 0 Å². The lowest BCUT2D eigenvalue weighted by Crippen LogP contribution is -2.13. The van der Waals surface area contributed by atoms with Gasteiger partial charge >= 0.3 is 0 Å². The van der Waals surface area contributed by atoms with E-state index >= 15 is 0 Å². The maximum atomic E-state index is 6.83. The minimum atomic E-state index is 0.367. The molecule has 0 spiro atoms. The molecule has 1 aromatic heterocycles. The van der Waals surface area contributed by atoms with E-state index in [0.717, 1.165) is 28.8 Å². The molecule has 6 rings (SSSR count). The summed E-state index contributed by atoms with van der Waals surface area (Å²) in [6.45, 7) is 5.18. The summed E-state index contributed by atoms with van der Waals surface area (Å²) < 4.78 is 2.09. The van der Waals surface area contributed by atoms with Gasteiger partial charge in [0.15, 0.2) is 0 Å². The quantitative estimate of drug-likeness (QED) is 0.267. The van der Waals surface area contributed by atoms with Crippen LogP contribution in [0.5, 0.6) is 0 Å². The fourth-order valence-corrected chi connectivity index (χ4v) is 5.84. The van der Waals surface area contributed by atoms with Crippen molar-refractivity contribution in [3.63, 3.8) is 0 Å². The highest BCUT2D eigenvalue weighted by atomic mass is 15.2. The van der Waals surface area contributed by atoms with Crippen LogP contribution in [0.25, 0.3) is 28.4 Å². The standard InChI is InChI=1S/C35H34N4/c1-24-12-6-7-15-28(24)25(2)20-21-34(36)39-32-19-11-9-17-30(32)35(37)33(39)22-26-23-38(27-13-4-3-5-14-27)31-18-10-8-16-29(26)31/h3-22,24,28H,23,36-37H2,1-2H3/b25-20+,26-22+,34-21+. The smallest absolute Gasteiger partial charge is 0.108 e. The second-order valence-corrected chi connectivity index (χ2v) is 10.4. The first-order valence-electron chi connectivity index (χ1n) is 13.5. The minimum Gasteiger partial charge on any atom is -0.396 e. The van der Waals surface area contributed by atoms with E-state index in [0.29, 0.717) is 17.7 Å². The Morgan fingerprint density at radius 3 is 2.41 bits per heavy atom. The lowest BCUT2D eigenvalue weighted by atomic mass is 9.84. The molecule has 2 aliphatic rings. The monoisotopic (exact) mass is 510 g/mol. The van der Waals surface area contributed by atoms with E-state index < -0.39 is 0 Å². The Balaban J connectivity index is 1.46. The van der Waals surface area contributed by atoms with Crippen molar-refractivity contribution >= 4 is 45.4 Å². The van der Waals surface area contributed by atoms with Crippen LogP contribution in [0, 0.1) is 11.8 Å². The van der Waals surface area contributed by atoms with Gasteiger partial charge in [0.05, 0.1) is 16.9 Å². The Kier molecular flexibility index (Phi) is 6.45. The van der Waals surface area contributed by atoms with Crippen molar-refractivity contribution in [2.24, 2.45) is 17.6 Å². The summed E-state index contributed by atoms with van der Waals surface area (Å²) >= 11 is 0. The SMILES string of the molecule is C/C(=C\C=C(/N)n1c(/C=C2\CN(c3ccccc3)c3ccccc32)c(N)c2ccccc21)C1C=CC=CC1C. The van der Waals surface area contributed by atoms with Gasteiger partial charge in [-0.2, -0.15) is 0 Å². The number of aromatic nitrogens is 1. The van der Waals surface area contributed by atoms with Gasteiger partial charge in [-0.3, -0.25) is 4.57 Å². The number of nitrogen functional groups attached to an aromatic ring is 1. The van der Waals surface area contributed by atoms with Gasteiger partial charge in [-0.1, -0.05) is 97.5 Å². The molecule has 0 bridgehead atoms. The number of rotatable bonds is 5.